The van der Waals surface area contributed by atoms with E-state index in [2.05, 4.69) is 26.6 Å². The molecular formula is C38H36BrK2N3O8S. The smallest absolute Gasteiger partial charge is 0.550 e. The zero-order valence-corrected chi connectivity index (χ0v) is 38.4. The summed E-state index contributed by atoms with van der Waals surface area (Å²) in [5, 5.41) is 27.8. The minimum Gasteiger partial charge on any atom is -0.550 e. The van der Waals surface area contributed by atoms with Crippen molar-refractivity contribution in [1.82, 2.24) is 4.31 Å². The fourth-order valence-corrected chi connectivity index (χ4v) is 8.32. The molecule has 2 N–H and O–H groups in total. The normalized spacial score (nSPS) is 15.4. The Balaban J connectivity index is 0.00000378. The summed E-state index contributed by atoms with van der Waals surface area (Å²) in [6.45, 7) is 1.90. The number of sulfonamides is 1. The molecule has 1 aliphatic carbocycles. The van der Waals surface area contributed by atoms with Crippen LogP contribution in [0.4, 0.5) is 11.4 Å². The van der Waals surface area contributed by atoms with Gasteiger partial charge in [0.1, 0.15) is 0 Å². The molecule has 53 heavy (non-hydrogen) atoms. The van der Waals surface area contributed by atoms with Crippen LogP contribution in [0.3, 0.4) is 0 Å². The predicted octanol–water partition coefficient (Wildman–Crippen LogP) is -1.57. The Hall–Kier alpha value is -1.58. The third kappa shape index (κ3) is 12.2. The van der Waals surface area contributed by atoms with Crippen LogP contribution in [0.2, 0.25) is 0 Å². The van der Waals surface area contributed by atoms with Crippen molar-refractivity contribution in [3.63, 3.8) is 0 Å². The summed E-state index contributed by atoms with van der Waals surface area (Å²) >= 11 is 3.38. The van der Waals surface area contributed by atoms with E-state index in [1.165, 1.54) is 40.7 Å². The maximum absolute atomic E-state index is 13.7. The van der Waals surface area contributed by atoms with Gasteiger partial charge < -0.3 is 30.4 Å². The first-order valence-electron chi connectivity index (χ1n) is 16.5. The molecule has 11 nitrogen and oxygen atoms in total. The molecule has 0 aromatic heterocycles. The third-order valence-electron chi connectivity index (χ3n) is 9.03. The number of carbonyl (C=O) groups is 4. The van der Waals surface area contributed by atoms with E-state index in [-0.39, 0.29) is 143 Å². The summed E-state index contributed by atoms with van der Waals surface area (Å²) in [5.41, 5.74) is 3.12. The first-order chi connectivity index (χ1) is 24.3. The van der Waals surface area contributed by atoms with Crippen molar-refractivity contribution in [3.8, 4) is 0 Å². The summed E-state index contributed by atoms with van der Waals surface area (Å²) < 4.78 is 29.4. The van der Waals surface area contributed by atoms with Gasteiger partial charge in [0.15, 0.2) is 0 Å². The SMILES string of the molecule is CCN([C@H]1CC[C@H](C(=O)[O-])CC1)S(=O)(=O)c1cccc(C(=O)Nc2ccc(Br)cc2C(=O)Nc2ccc(CCc3ccc(C(=O)[O-])cc3)cc2)c1.[K+].[K+]. The van der Waals surface area contributed by atoms with Gasteiger partial charge in [-0.05, 0) is 110 Å². The van der Waals surface area contributed by atoms with Crippen molar-refractivity contribution in [1.29, 1.82) is 0 Å². The Kier molecular flexibility index (Phi) is 18.2. The second-order valence-corrected chi connectivity index (χ2v) is 15.1. The van der Waals surface area contributed by atoms with E-state index in [9.17, 15) is 37.8 Å². The molecule has 266 valence electrons. The van der Waals surface area contributed by atoms with E-state index in [1.54, 1.807) is 49.4 Å². The van der Waals surface area contributed by atoms with Crippen LogP contribution in [-0.4, -0.2) is 49.1 Å². The standard InChI is InChI=1S/C38H38BrN3O8S.2K/c1-2-42(31-19-14-27(15-20-31)38(47)48)51(49,50)32-5-3-4-28(22-32)35(43)41-34-21-16-29(39)23-33(34)36(44)40-30-17-10-25(11-18-30)7-6-24-8-12-26(13-9-24)37(45)46;;/h3-5,8-13,16-18,21-23,27,31H,2,6-7,14-15,19-20H2,1H3,(H,40,44)(H,41,43)(H,45,46)(H,47,48);;/q;2*+1/p-2/t27-,31-;;. The van der Waals surface area contributed by atoms with Gasteiger partial charge >= 0.3 is 103 Å². The minimum absolute atomic E-state index is 0. The van der Waals surface area contributed by atoms with Crippen LogP contribution in [0.1, 0.15) is 74.8 Å². The number of carbonyl (C=O) groups excluding carboxylic acids is 4. The van der Waals surface area contributed by atoms with Crippen LogP contribution in [0.25, 0.3) is 0 Å². The molecule has 1 aliphatic rings. The number of halogens is 1. The van der Waals surface area contributed by atoms with E-state index in [0.717, 1.165) is 11.1 Å². The number of aryl methyl sites for hydroxylation is 2. The van der Waals surface area contributed by atoms with Crippen molar-refractivity contribution >= 4 is 61.1 Å². The Bertz CT molecular complexity index is 2040. The third-order valence-corrected chi connectivity index (χ3v) is 11.5. The molecule has 2 amide bonds. The zero-order chi connectivity index (χ0) is 36.7. The molecular weight excluding hydrogens is 817 g/mol. The first-order valence-corrected chi connectivity index (χ1v) is 18.7. The second-order valence-electron chi connectivity index (χ2n) is 12.3. The molecule has 0 bridgehead atoms. The Labute approximate surface area is 402 Å². The summed E-state index contributed by atoms with van der Waals surface area (Å²) in [4.78, 5) is 49.1. The summed E-state index contributed by atoms with van der Waals surface area (Å²) in [6.07, 6.45) is 2.86. The van der Waals surface area contributed by atoms with Gasteiger partial charge in [0.2, 0.25) is 10.0 Å². The number of hydrogen-bond acceptors (Lipinski definition) is 8. The number of benzene rings is 4. The van der Waals surface area contributed by atoms with E-state index in [4.69, 9.17) is 0 Å². The number of carboxylic acids is 2. The van der Waals surface area contributed by atoms with Gasteiger partial charge in [-0.15, -0.1) is 0 Å². The number of amides is 2. The van der Waals surface area contributed by atoms with Crippen LogP contribution in [0.15, 0.2) is 100 Å². The van der Waals surface area contributed by atoms with Crippen LogP contribution >= 0.6 is 15.9 Å². The number of nitrogens with zero attached hydrogens (tertiary/aromatic N) is 1. The number of hydrogen-bond donors (Lipinski definition) is 2. The predicted molar refractivity (Wildman–Crippen MR) is 191 cm³/mol. The number of aromatic carboxylic acids is 1. The minimum atomic E-state index is -4.01. The van der Waals surface area contributed by atoms with Gasteiger partial charge in [-0.2, -0.15) is 4.31 Å². The van der Waals surface area contributed by atoms with Gasteiger partial charge in [-0.25, -0.2) is 8.42 Å². The van der Waals surface area contributed by atoms with E-state index < -0.39 is 39.7 Å². The largest absolute Gasteiger partial charge is 1.00 e. The van der Waals surface area contributed by atoms with Gasteiger partial charge in [0, 0.05) is 34.3 Å². The van der Waals surface area contributed by atoms with Crippen molar-refractivity contribution in [2.24, 2.45) is 5.92 Å². The van der Waals surface area contributed by atoms with Crippen LogP contribution in [0.5, 0.6) is 0 Å². The molecule has 0 spiro atoms. The molecule has 0 saturated heterocycles. The van der Waals surface area contributed by atoms with Crippen molar-refractivity contribution in [2.45, 2.75) is 56.4 Å². The van der Waals surface area contributed by atoms with E-state index in [1.807, 2.05) is 12.1 Å². The fraction of sp³-hybridized carbons (Fsp3) is 0.263. The van der Waals surface area contributed by atoms with Gasteiger partial charge in [0.25, 0.3) is 11.8 Å². The molecule has 0 heterocycles. The summed E-state index contributed by atoms with van der Waals surface area (Å²) in [7, 11) is -4.01. The first kappa shape index (κ1) is 45.8. The second kappa shape index (κ2) is 21.1. The molecule has 1 fully saturated rings. The average molecular weight is 853 g/mol. The maximum Gasteiger partial charge on any atom is 1.00 e. The molecule has 0 aliphatic heterocycles. The van der Waals surface area contributed by atoms with E-state index in [0.29, 0.717) is 48.7 Å². The van der Waals surface area contributed by atoms with Gasteiger partial charge in [0.05, 0.1) is 22.1 Å². The van der Waals surface area contributed by atoms with Crippen molar-refractivity contribution < 1.29 is 141 Å². The summed E-state index contributed by atoms with van der Waals surface area (Å²) in [6, 6.07) is 24.0. The molecule has 0 unspecified atom stereocenters. The quantitative estimate of drug-likeness (QED) is 0.152. The number of anilines is 2. The Morgan fingerprint density at radius 1 is 0.755 bits per heavy atom. The van der Waals surface area contributed by atoms with Crippen LogP contribution in [-0.2, 0) is 27.7 Å². The average Bonchev–Trinajstić information content (AvgIpc) is 3.12. The Morgan fingerprint density at radius 3 is 1.92 bits per heavy atom. The number of rotatable bonds is 13. The molecule has 4 aromatic rings. The fourth-order valence-electron chi connectivity index (χ4n) is 6.21. The number of carboxylic acid groups (broad SMARTS) is 2. The molecule has 0 atom stereocenters. The molecule has 4 aromatic carbocycles. The van der Waals surface area contributed by atoms with Gasteiger partial charge in [-0.1, -0.05) is 65.3 Å². The topological polar surface area (TPSA) is 176 Å². The van der Waals surface area contributed by atoms with Crippen LogP contribution in [0, 0.1) is 5.92 Å². The summed E-state index contributed by atoms with van der Waals surface area (Å²) in [5.74, 6) is -4.01. The van der Waals surface area contributed by atoms with Gasteiger partial charge in [-0.3, -0.25) is 9.59 Å². The molecule has 15 heteroatoms. The maximum atomic E-state index is 13.7. The molecule has 5 rings (SSSR count). The molecule has 0 radical (unpaired) electrons. The van der Waals surface area contributed by atoms with Crippen LogP contribution < -0.4 is 124 Å². The zero-order valence-electron chi connectivity index (χ0n) is 29.8. The monoisotopic (exact) mass is 851 g/mol. The molecule has 1 saturated carbocycles. The van der Waals surface area contributed by atoms with E-state index >= 15 is 0 Å². The Morgan fingerprint density at radius 2 is 1.36 bits per heavy atom. The number of aliphatic carboxylic acids is 1. The van der Waals surface area contributed by atoms with Crippen molar-refractivity contribution in [2.75, 3.05) is 17.2 Å². The number of nitrogens with one attached hydrogen (secondary N) is 2. The van der Waals surface area contributed by atoms with Crippen molar-refractivity contribution in [3.05, 3.63) is 123 Å².